The lowest BCUT2D eigenvalue weighted by molar-refractivity contribution is 0.0719. The first-order valence-electron chi connectivity index (χ1n) is 9.06. The van der Waals surface area contributed by atoms with Crippen LogP contribution in [0.4, 0.5) is 5.69 Å². The van der Waals surface area contributed by atoms with E-state index in [1.807, 2.05) is 43.1 Å². The third-order valence-electron chi connectivity index (χ3n) is 5.33. The molecule has 0 aliphatic carbocycles. The molecule has 1 saturated heterocycles. The van der Waals surface area contributed by atoms with Gasteiger partial charge in [0.25, 0.3) is 11.8 Å². The van der Waals surface area contributed by atoms with Gasteiger partial charge in [0, 0.05) is 25.7 Å². The standard InChI is InChI=1S/C21H23N3O2/c1-14-5-3-6-15(11-14)13-22-20(25)16-8-9-17-18(12-16)23(2)19-7-4-10-24(19)21(17)26/h3,5-6,8-9,11-12,19H,4,7,10,13H2,1-2H3,(H,22,25). The zero-order valence-corrected chi connectivity index (χ0v) is 15.2. The predicted molar refractivity (Wildman–Crippen MR) is 101 cm³/mol. The lowest BCUT2D eigenvalue weighted by atomic mass is 10.0. The van der Waals surface area contributed by atoms with Gasteiger partial charge in [-0.15, -0.1) is 0 Å². The van der Waals surface area contributed by atoms with Crippen molar-refractivity contribution in [3.05, 3.63) is 64.7 Å². The van der Waals surface area contributed by atoms with Gasteiger partial charge in [0.05, 0.1) is 11.3 Å². The summed E-state index contributed by atoms with van der Waals surface area (Å²) in [5.41, 5.74) is 4.36. The minimum absolute atomic E-state index is 0.0762. The maximum Gasteiger partial charge on any atom is 0.257 e. The summed E-state index contributed by atoms with van der Waals surface area (Å²) in [6, 6.07) is 13.5. The molecule has 5 heteroatoms. The third kappa shape index (κ3) is 2.83. The molecule has 1 unspecified atom stereocenters. The molecule has 2 amide bonds. The van der Waals surface area contributed by atoms with E-state index in [1.54, 1.807) is 12.1 Å². The van der Waals surface area contributed by atoms with Gasteiger partial charge in [0.1, 0.15) is 6.17 Å². The molecule has 26 heavy (non-hydrogen) atoms. The van der Waals surface area contributed by atoms with Gasteiger partial charge in [-0.1, -0.05) is 29.8 Å². The molecule has 2 aliphatic heterocycles. The lowest BCUT2D eigenvalue weighted by Crippen LogP contribution is -2.50. The first-order chi connectivity index (χ1) is 12.5. The van der Waals surface area contributed by atoms with E-state index in [-0.39, 0.29) is 18.0 Å². The van der Waals surface area contributed by atoms with Gasteiger partial charge in [0.15, 0.2) is 0 Å². The predicted octanol–water partition coefficient (Wildman–Crippen LogP) is 2.94. The zero-order valence-electron chi connectivity index (χ0n) is 15.2. The average Bonchev–Trinajstić information content (AvgIpc) is 3.14. The molecule has 5 nitrogen and oxygen atoms in total. The Bertz CT molecular complexity index is 877. The topological polar surface area (TPSA) is 52.7 Å². The van der Waals surface area contributed by atoms with Crippen LogP contribution < -0.4 is 10.2 Å². The van der Waals surface area contributed by atoms with E-state index in [9.17, 15) is 9.59 Å². The van der Waals surface area contributed by atoms with E-state index in [1.165, 1.54) is 5.56 Å². The Labute approximate surface area is 153 Å². The number of carbonyl (C=O) groups is 2. The summed E-state index contributed by atoms with van der Waals surface area (Å²) in [5, 5.41) is 2.97. The van der Waals surface area contributed by atoms with E-state index in [4.69, 9.17) is 0 Å². The summed E-state index contributed by atoms with van der Waals surface area (Å²) < 4.78 is 0. The fourth-order valence-corrected chi connectivity index (χ4v) is 3.96. The number of benzene rings is 2. The highest BCUT2D eigenvalue weighted by Gasteiger charge is 2.38. The molecular formula is C21H23N3O2. The summed E-state index contributed by atoms with van der Waals surface area (Å²) in [4.78, 5) is 29.3. The van der Waals surface area contributed by atoms with Crippen molar-refractivity contribution in [2.24, 2.45) is 0 Å². The monoisotopic (exact) mass is 349 g/mol. The minimum Gasteiger partial charge on any atom is -0.354 e. The minimum atomic E-state index is -0.121. The van der Waals surface area contributed by atoms with Crippen molar-refractivity contribution in [3.8, 4) is 0 Å². The molecule has 4 rings (SSSR count). The number of hydrogen-bond donors (Lipinski definition) is 1. The molecule has 0 spiro atoms. The molecule has 0 aromatic heterocycles. The zero-order chi connectivity index (χ0) is 18.3. The molecule has 134 valence electrons. The molecule has 0 saturated carbocycles. The van der Waals surface area contributed by atoms with Crippen molar-refractivity contribution >= 4 is 17.5 Å². The maximum absolute atomic E-state index is 12.7. The second-order valence-electron chi connectivity index (χ2n) is 7.14. The number of nitrogens with zero attached hydrogens (tertiary/aromatic N) is 2. The maximum atomic E-state index is 12.7. The van der Waals surface area contributed by atoms with Crippen LogP contribution in [0.25, 0.3) is 0 Å². The molecule has 2 aromatic rings. The third-order valence-corrected chi connectivity index (χ3v) is 5.33. The van der Waals surface area contributed by atoms with Crippen LogP contribution in [-0.4, -0.2) is 36.5 Å². The van der Waals surface area contributed by atoms with E-state index in [0.29, 0.717) is 17.7 Å². The number of nitrogens with one attached hydrogen (secondary N) is 1. The smallest absolute Gasteiger partial charge is 0.257 e. The SMILES string of the molecule is Cc1cccc(CNC(=O)c2ccc3c(c2)N(C)C2CCCN2C3=O)c1. The Morgan fingerprint density at radius 3 is 2.88 bits per heavy atom. The van der Waals surface area contributed by atoms with Crippen molar-refractivity contribution < 1.29 is 9.59 Å². The Hall–Kier alpha value is -2.82. The van der Waals surface area contributed by atoms with Gasteiger partial charge in [-0.3, -0.25) is 9.59 Å². The van der Waals surface area contributed by atoms with Crippen LogP contribution in [0, 0.1) is 6.92 Å². The number of hydrogen-bond acceptors (Lipinski definition) is 3. The van der Waals surface area contributed by atoms with Gasteiger partial charge < -0.3 is 15.1 Å². The number of rotatable bonds is 3. The van der Waals surface area contributed by atoms with Crippen LogP contribution in [0.1, 0.15) is 44.7 Å². The normalized spacial score (nSPS) is 18.5. The number of aryl methyl sites for hydroxylation is 1. The van der Waals surface area contributed by atoms with E-state index < -0.39 is 0 Å². The van der Waals surface area contributed by atoms with Crippen LogP contribution in [0.5, 0.6) is 0 Å². The fourth-order valence-electron chi connectivity index (χ4n) is 3.96. The summed E-state index contributed by atoms with van der Waals surface area (Å²) in [5.74, 6) is -0.0451. The Balaban J connectivity index is 1.54. The Morgan fingerprint density at radius 1 is 1.23 bits per heavy atom. The van der Waals surface area contributed by atoms with Gasteiger partial charge >= 0.3 is 0 Å². The summed E-state index contributed by atoms with van der Waals surface area (Å²) >= 11 is 0. The highest BCUT2D eigenvalue weighted by molar-refractivity contribution is 6.04. The van der Waals surface area contributed by atoms with E-state index in [0.717, 1.165) is 30.6 Å². The summed E-state index contributed by atoms with van der Waals surface area (Å²) in [6.45, 7) is 3.34. The quantitative estimate of drug-likeness (QED) is 0.927. The van der Waals surface area contributed by atoms with Crippen molar-refractivity contribution in [1.29, 1.82) is 0 Å². The number of fused-ring (bicyclic) bond motifs is 2. The highest BCUT2D eigenvalue weighted by atomic mass is 16.2. The first kappa shape index (κ1) is 16.6. The molecule has 1 N–H and O–H groups in total. The van der Waals surface area contributed by atoms with Crippen LogP contribution in [0.2, 0.25) is 0 Å². The molecule has 0 bridgehead atoms. The number of anilines is 1. The van der Waals surface area contributed by atoms with Crippen molar-refractivity contribution in [1.82, 2.24) is 10.2 Å². The van der Waals surface area contributed by atoms with E-state index >= 15 is 0 Å². The van der Waals surface area contributed by atoms with Gasteiger partial charge in [-0.25, -0.2) is 0 Å². The Kier molecular flexibility index (Phi) is 4.15. The largest absolute Gasteiger partial charge is 0.354 e. The molecular weight excluding hydrogens is 326 g/mol. The van der Waals surface area contributed by atoms with Crippen LogP contribution in [-0.2, 0) is 6.54 Å². The van der Waals surface area contributed by atoms with Crippen molar-refractivity contribution in [2.45, 2.75) is 32.5 Å². The highest BCUT2D eigenvalue weighted by Crippen LogP contribution is 2.35. The van der Waals surface area contributed by atoms with Crippen LogP contribution in [0.3, 0.4) is 0 Å². The Morgan fingerprint density at radius 2 is 2.08 bits per heavy atom. The van der Waals surface area contributed by atoms with Crippen molar-refractivity contribution in [3.63, 3.8) is 0 Å². The number of amides is 2. The summed E-state index contributed by atoms with van der Waals surface area (Å²) in [6.07, 6.45) is 2.12. The van der Waals surface area contributed by atoms with Crippen molar-refractivity contribution in [2.75, 3.05) is 18.5 Å². The first-order valence-corrected chi connectivity index (χ1v) is 9.06. The van der Waals surface area contributed by atoms with E-state index in [2.05, 4.69) is 16.3 Å². The second-order valence-corrected chi connectivity index (χ2v) is 7.14. The fraction of sp³-hybridized carbons (Fsp3) is 0.333. The second kappa shape index (κ2) is 6.48. The average molecular weight is 349 g/mol. The van der Waals surface area contributed by atoms with Gasteiger partial charge in [0.2, 0.25) is 0 Å². The van der Waals surface area contributed by atoms with Gasteiger partial charge in [-0.05, 0) is 43.5 Å². The molecule has 1 atom stereocenters. The molecule has 2 aromatic carbocycles. The summed E-state index contributed by atoms with van der Waals surface area (Å²) in [7, 11) is 2.00. The van der Waals surface area contributed by atoms with Crippen LogP contribution >= 0.6 is 0 Å². The lowest BCUT2D eigenvalue weighted by Gasteiger charge is -2.40. The molecule has 0 radical (unpaired) electrons. The molecule has 2 aliphatic rings. The molecule has 2 heterocycles. The number of carbonyl (C=O) groups excluding carboxylic acids is 2. The van der Waals surface area contributed by atoms with Gasteiger partial charge in [-0.2, -0.15) is 0 Å². The van der Waals surface area contributed by atoms with Crippen LogP contribution in [0.15, 0.2) is 42.5 Å². The molecule has 1 fully saturated rings.